The monoisotopic (exact) mass is 297 g/mol. The lowest BCUT2D eigenvalue weighted by molar-refractivity contribution is 0.464. The first kappa shape index (κ1) is 14.9. The van der Waals surface area contributed by atoms with Crippen LogP contribution in [0.2, 0.25) is 0 Å². The quantitative estimate of drug-likeness (QED) is 0.887. The van der Waals surface area contributed by atoms with E-state index in [1.54, 1.807) is 6.20 Å². The molecule has 22 heavy (non-hydrogen) atoms. The fourth-order valence-electron chi connectivity index (χ4n) is 2.84. The number of nitrogens with one attached hydrogen (secondary N) is 2. The maximum Gasteiger partial charge on any atom is 0.144 e. The molecule has 1 fully saturated rings. The molecule has 1 aliphatic heterocycles. The van der Waals surface area contributed by atoms with E-state index in [-0.39, 0.29) is 0 Å². The predicted molar refractivity (Wildman–Crippen MR) is 87.5 cm³/mol. The molecule has 0 aliphatic carbocycles. The molecule has 0 amide bonds. The summed E-state index contributed by atoms with van der Waals surface area (Å²) in [5.41, 5.74) is 2.23. The smallest absolute Gasteiger partial charge is 0.144 e. The molecule has 0 bridgehead atoms. The minimum atomic E-state index is 0.718. The molecule has 116 valence electrons. The summed E-state index contributed by atoms with van der Waals surface area (Å²) in [6.45, 7) is 3.00. The number of hydrogen-bond donors (Lipinski definition) is 2. The number of rotatable bonds is 5. The molecule has 0 saturated carbocycles. The Morgan fingerprint density at radius 2 is 2.14 bits per heavy atom. The highest BCUT2D eigenvalue weighted by Gasteiger charge is 2.13. The van der Waals surface area contributed by atoms with Crippen LogP contribution in [0.25, 0.3) is 0 Å². The fourth-order valence-corrected chi connectivity index (χ4v) is 2.84. The third kappa shape index (κ3) is 4.49. The summed E-state index contributed by atoms with van der Waals surface area (Å²) in [5.74, 6) is 1.55. The average Bonchev–Trinajstić information content (AvgIpc) is 2.84. The average molecular weight is 297 g/mol. The van der Waals surface area contributed by atoms with Crippen LogP contribution in [0.1, 0.15) is 30.5 Å². The first-order valence-electron chi connectivity index (χ1n) is 8.04. The molecule has 2 N–H and O–H groups in total. The number of anilines is 1. The molecule has 0 radical (unpaired) electrons. The summed E-state index contributed by atoms with van der Waals surface area (Å²) in [7, 11) is 0. The minimum Gasteiger partial charge on any atom is -0.365 e. The summed E-state index contributed by atoms with van der Waals surface area (Å²) in [6.07, 6.45) is 12.2. The number of pyridine rings is 1. The van der Waals surface area contributed by atoms with Gasteiger partial charge in [0.25, 0.3) is 0 Å². The van der Waals surface area contributed by atoms with Gasteiger partial charge in [-0.3, -0.25) is 9.97 Å². The molecule has 0 aromatic carbocycles. The van der Waals surface area contributed by atoms with Gasteiger partial charge in [0.2, 0.25) is 0 Å². The Kier molecular flexibility index (Phi) is 5.32. The fraction of sp³-hybridized carbons (Fsp3) is 0.471. The summed E-state index contributed by atoms with van der Waals surface area (Å²) in [6, 6.07) is 3.98. The van der Waals surface area contributed by atoms with Crippen LogP contribution in [0.15, 0.2) is 36.9 Å². The molecule has 0 spiro atoms. The number of hydrogen-bond acceptors (Lipinski definition) is 5. The Morgan fingerprint density at radius 1 is 1.14 bits per heavy atom. The Hall–Kier alpha value is -2.01. The second-order valence-corrected chi connectivity index (χ2v) is 5.86. The van der Waals surface area contributed by atoms with Crippen LogP contribution >= 0.6 is 0 Å². The lowest BCUT2D eigenvalue weighted by Gasteiger charge is -2.13. The minimum absolute atomic E-state index is 0.718. The molecule has 1 unspecified atom stereocenters. The van der Waals surface area contributed by atoms with Gasteiger partial charge in [0.05, 0.1) is 18.1 Å². The Bertz CT molecular complexity index is 547. The van der Waals surface area contributed by atoms with Crippen LogP contribution in [-0.2, 0) is 13.0 Å². The van der Waals surface area contributed by atoms with Crippen molar-refractivity contribution in [2.45, 2.75) is 32.2 Å². The van der Waals surface area contributed by atoms with Crippen molar-refractivity contribution < 1.29 is 0 Å². The van der Waals surface area contributed by atoms with Gasteiger partial charge in [-0.25, -0.2) is 4.98 Å². The maximum atomic E-state index is 4.55. The molecule has 3 rings (SSSR count). The lowest BCUT2D eigenvalue weighted by Crippen LogP contribution is -2.14. The zero-order valence-electron chi connectivity index (χ0n) is 12.8. The second kappa shape index (κ2) is 7.84. The zero-order chi connectivity index (χ0) is 15.0. The molecule has 2 aromatic rings. The summed E-state index contributed by atoms with van der Waals surface area (Å²) >= 11 is 0. The summed E-state index contributed by atoms with van der Waals surface area (Å²) < 4.78 is 0. The molecular weight excluding hydrogens is 274 g/mol. The van der Waals surface area contributed by atoms with Crippen molar-refractivity contribution in [3.63, 3.8) is 0 Å². The Balaban J connectivity index is 1.51. The van der Waals surface area contributed by atoms with Crippen molar-refractivity contribution in [1.82, 2.24) is 20.3 Å². The van der Waals surface area contributed by atoms with Gasteiger partial charge in [-0.2, -0.15) is 0 Å². The summed E-state index contributed by atoms with van der Waals surface area (Å²) in [5, 5.41) is 6.73. The van der Waals surface area contributed by atoms with Gasteiger partial charge in [0.15, 0.2) is 0 Å². The van der Waals surface area contributed by atoms with E-state index in [1.165, 1.54) is 19.3 Å². The first-order chi connectivity index (χ1) is 10.9. The van der Waals surface area contributed by atoms with E-state index in [4.69, 9.17) is 0 Å². The van der Waals surface area contributed by atoms with Crippen LogP contribution in [0.4, 0.5) is 5.82 Å². The van der Waals surface area contributed by atoms with Crippen molar-refractivity contribution in [3.8, 4) is 0 Å². The highest BCUT2D eigenvalue weighted by molar-refractivity contribution is 5.32. The molecule has 1 atom stereocenters. The van der Waals surface area contributed by atoms with Gasteiger partial charge in [0, 0.05) is 18.9 Å². The van der Waals surface area contributed by atoms with E-state index in [1.807, 2.05) is 30.7 Å². The highest BCUT2D eigenvalue weighted by Crippen LogP contribution is 2.18. The summed E-state index contributed by atoms with van der Waals surface area (Å²) in [4.78, 5) is 13.1. The molecule has 5 nitrogen and oxygen atoms in total. The van der Waals surface area contributed by atoms with Gasteiger partial charge in [0.1, 0.15) is 5.82 Å². The highest BCUT2D eigenvalue weighted by atomic mass is 15.0. The zero-order valence-corrected chi connectivity index (χ0v) is 12.8. The van der Waals surface area contributed by atoms with Gasteiger partial charge < -0.3 is 10.6 Å². The topological polar surface area (TPSA) is 62.7 Å². The van der Waals surface area contributed by atoms with Crippen molar-refractivity contribution in [3.05, 3.63) is 48.2 Å². The largest absolute Gasteiger partial charge is 0.365 e. The van der Waals surface area contributed by atoms with Crippen molar-refractivity contribution in [1.29, 1.82) is 0 Å². The maximum absolute atomic E-state index is 4.55. The van der Waals surface area contributed by atoms with E-state index in [9.17, 15) is 0 Å². The number of aromatic nitrogens is 3. The first-order valence-corrected chi connectivity index (χ1v) is 8.04. The van der Waals surface area contributed by atoms with E-state index in [0.717, 1.165) is 49.0 Å². The number of nitrogens with zero attached hydrogens (tertiary/aromatic N) is 3. The van der Waals surface area contributed by atoms with Gasteiger partial charge in [-0.1, -0.05) is 6.07 Å². The van der Waals surface area contributed by atoms with Crippen LogP contribution in [0.5, 0.6) is 0 Å². The van der Waals surface area contributed by atoms with Crippen molar-refractivity contribution in [2.75, 3.05) is 18.4 Å². The molecular formula is C17H23N5. The van der Waals surface area contributed by atoms with Gasteiger partial charge in [-0.05, 0) is 56.3 Å². The molecule has 2 aromatic heterocycles. The Labute approximate surface area is 131 Å². The van der Waals surface area contributed by atoms with Crippen LogP contribution in [0, 0.1) is 5.92 Å². The van der Waals surface area contributed by atoms with Crippen LogP contribution in [-0.4, -0.2) is 28.0 Å². The van der Waals surface area contributed by atoms with Gasteiger partial charge >= 0.3 is 0 Å². The molecule has 5 heteroatoms. The van der Waals surface area contributed by atoms with Crippen LogP contribution < -0.4 is 10.6 Å². The third-order valence-corrected chi connectivity index (χ3v) is 4.09. The van der Waals surface area contributed by atoms with E-state index >= 15 is 0 Å². The predicted octanol–water partition coefficient (Wildman–Crippen LogP) is 2.42. The third-order valence-electron chi connectivity index (χ3n) is 4.09. The molecule has 3 heterocycles. The SMILES string of the molecule is c1cncc(CNc2cnc(CC3CCCNCC3)cn2)c1. The molecule has 1 saturated heterocycles. The van der Waals surface area contributed by atoms with E-state index in [0.29, 0.717) is 0 Å². The van der Waals surface area contributed by atoms with Crippen molar-refractivity contribution >= 4 is 5.82 Å². The van der Waals surface area contributed by atoms with Crippen LogP contribution in [0.3, 0.4) is 0 Å². The van der Waals surface area contributed by atoms with E-state index in [2.05, 4.69) is 25.6 Å². The second-order valence-electron chi connectivity index (χ2n) is 5.86. The molecule has 1 aliphatic rings. The Morgan fingerprint density at radius 3 is 2.95 bits per heavy atom. The van der Waals surface area contributed by atoms with E-state index < -0.39 is 0 Å². The lowest BCUT2D eigenvalue weighted by atomic mass is 9.95. The standard InChI is InChI=1S/C17H23N5/c1-3-14(5-8-18-6-1)9-16-12-22-17(13-20-16)21-11-15-4-2-7-19-10-15/h2,4,7,10,12-14,18H,1,3,5-6,8-9,11H2,(H,21,22). The normalized spacial score (nSPS) is 18.6. The van der Waals surface area contributed by atoms with Gasteiger partial charge in [-0.15, -0.1) is 0 Å². The van der Waals surface area contributed by atoms with Crippen molar-refractivity contribution in [2.24, 2.45) is 5.92 Å².